The second-order valence-electron chi connectivity index (χ2n) is 4.12. The summed E-state index contributed by atoms with van der Waals surface area (Å²) in [7, 11) is 0. The van der Waals surface area contributed by atoms with Crippen LogP contribution in [0.2, 0.25) is 0 Å². The third kappa shape index (κ3) is 10.0. The first-order valence-electron chi connectivity index (χ1n) is 6.21. The third-order valence-electron chi connectivity index (χ3n) is 2.47. The van der Waals surface area contributed by atoms with Gasteiger partial charge in [0.15, 0.2) is 0 Å². The summed E-state index contributed by atoms with van der Waals surface area (Å²) in [4.78, 5) is 21.3. The maximum absolute atomic E-state index is 11.2. The van der Waals surface area contributed by atoms with E-state index in [4.69, 9.17) is 14.9 Å². The zero-order valence-corrected chi connectivity index (χ0v) is 10.5. The van der Waals surface area contributed by atoms with E-state index >= 15 is 0 Å². The molecule has 0 aliphatic carbocycles. The van der Waals surface area contributed by atoms with Crippen LogP contribution in [0.15, 0.2) is 0 Å². The highest BCUT2D eigenvalue weighted by molar-refractivity contribution is 5.69. The first-order valence-corrected chi connectivity index (χ1v) is 6.21. The van der Waals surface area contributed by atoms with Crippen molar-refractivity contribution in [1.82, 2.24) is 0 Å². The normalized spacial score (nSPS) is 10.6. The largest absolute Gasteiger partial charge is 0.550 e. The highest BCUT2D eigenvalue weighted by Gasteiger charge is 2.11. The molecule has 0 saturated heterocycles. The van der Waals surface area contributed by atoms with Crippen molar-refractivity contribution >= 4 is 11.9 Å². The van der Waals surface area contributed by atoms with E-state index in [1.165, 1.54) is 0 Å². The van der Waals surface area contributed by atoms with Crippen LogP contribution in [0.5, 0.6) is 0 Å². The summed E-state index contributed by atoms with van der Waals surface area (Å²) >= 11 is 0. The van der Waals surface area contributed by atoms with Gasteiger partial charge in [0.05, 0.1) is 13.2 Å². The Morgan fingerprint density at radius 3 is 1.94 bits per heavy atom. The number of carbonyl (C=O) groups is 2. The average molecular weight is 261 g/mol. The van der Waals surface area contributed by atoms with E-state index < -0.39 is 18.0 Å². The van der Waals surface area contributed by atoms with Gasteiger partial charge in [-0.05, 0) is 19.3 Å². The number of aliphatic hydroxyl groups is 2. The molecule has 0 aliphatic heterocycles. The van der Waals surface area contributed by atoms with Crippen LogP contribution >= 0.6 is 0 Å². The Bertz CT molecular complexity index is 237. The molecule has 0 atom stereocenters. The van der Waals surface area contributed by atoms with Gasteiger partial charge < -0.3 is 24.9 Å². The molecule has 6 nitrogen and oxygen atoms in total. The Hall–Kier alpha value is -1.14. The summed E-state index contributed by atoms with van der Waals surface area (Å²) in [5, 5.41) is 27.5. The molecule has 18 heavy (non-hydrogen) atoms. The number of carboxylic acid groups (broad SMARTS) is 1. The van der Waals surface area contributed by atoms with Crippen molar-refractivity contribution in [1.29, 1.82) is 0 Å². The fourth-order valence-electron chi connectivity index (χ4n) is 1.45. The number of hydrogen-bond acceptors (Lipinski definition) is 6. The van der Waals surface area contributed by atoms with Gasteiger partial charge in [0, 0.05) is 12.4 Å². The molecule has 0 aromatic heterocycles. The molecule has 0 rings (SSSR count). The molecule has 106 valence electrons. The standard InChI is InChI=1S/C12H22O6/c13-8-10(9-14)18-12(17)7-5-3-1-2-4-6-11(15)16/h10,13-14H,1-9H2,(H,15,16)/p-1. The molecule has 0 amide bonds. The maximum atomic E-state index is 11.2. The third-order valence-corrected chi connectivity index (χ3v) is 2.47. The monoisotopic (exact) mass is 261 g/mol. The van der Waals surface area contributed by atoms with E-state index in [1.807, 2.05) is 0 Å². The molecule has 0 spiro atoms. The second-order valence-corrected chi connectivity index (χ2v) is 4.12. The van der Waals surface area contributed by atoms with Crippen molar-refractivity contribution in [3.8, 4) is 0 Å². The summed E-state index contributed by atoms with van der Waals surface area (Å²) in [5.41, 5.74) is 0. The Balaban J connectivity index is 3.37. The van der Waals surface area contributed by atoms with Crippen LogP contribution in [0.4, 0.5) is 0 Å². The van der Waals surface area contributed by atoms with Gasteiger partial charge in [0.2, 0.25) is 0 Å². The minimum absolute atomic E-state index is 0.0801. The maximum Gasteiger partial charge on any atom is 0.306 e. The van der Waals surface area contributed by atoms with E-state index in [0.29, 0.717) is 12.8 Å². The number of ether oxygens (including phenoxy) is 1. The number of rotatable bonds is 11. The van der Waals surface area contributed by atoms with Crippen molar-refractivity contribution in [2.24, 2.45) is 0 Å². The van der Waals surface area contributed by atoms with Crippen LogP contribution < -0.4 is 5.11 Å². The predicted molar refractivity (Wildman–Crippen MR) is 61.4 cm³/mol. The number of unbranched alkanes of at least 4 members (excludes halogenated alkanes) is 4. The number of esters is 1. The van der Waals surface area contributed by atoms with Gasteiger partial charge >= 0.3 is 5.97 Å². The summed E-state index contributed by atoms with van der Waals surface area (Å²) in [6, 6.07) is 0. The molecule has 0 aliphatic rings. The van der Waals surface area contributed by atoms with Crippen LogP contribution in [-0.4, -0.2) is 41.5 Å². The molecule has 0 heterocycles. The lowest BCUT2D eigenvalue weighted by molar-refractivity contribution is -0.305. The van der Waals surface area contributed by atoms with Crippen molar-refractivity contribution in [3.63, 3.8) is 0 Å². The number of aliphatic hydroxyl groups excluding tert-OH is 2. The Labute approximate surface area is 107 Å². The van der Waals surface area contributed by atoms with E-state index in [-0.39, 0.29) is 26.1 Å². The first-order chi connectivity index (χ1) is 8.60. The smallest absolute Gasteiger partial charge is 0.306 e. The molecular weight excluding hydrogens is 240 g/mol. The molecule has 6 heteroatoms. The SMILES string of the molecule is O=C([O-])CCCCCCCC(=O)OC(CO)CO. The van der Waals surface area contributed by atoms with Crippen LogP contribution in [0, 0.1) is 0 Å². The molecule has 0 saturated carbocycles. The molecule has 0 unspecified atom stereocenters. The zero-order valence-electron chi connectivity index (χ0n) is 10.5. The topological polar surface area (TPSA) is 107 Å². The van der Waals surface area contributed by atoms with E-state index in [9.17, 15) is 14.7 Å². The van der Waals surface area contributed by atoms with Gasteiger partial charge in [0.1, 0.15) is 6.10 Å². The van der Waals surface area contributed by atoms with Crippen LogP contribution in [0.3, 0.4) is 0 Å². The molecular formula is C12H21O6-. The zero-order chi connectivity index (χ0) is 13.8. The number of hydrogen-bond donors (Lipinski definition) is 2. The van der Waals surface area contributed by atoms with Crippen molar-refractivity contribution in [2.75, 3.05) is 13.2 Å². The van der Waals surface area contributed by atoms with E-state index in [1.54, 1.807) is 0 Å². The van der Waals surface area contributed by atoms with Crippen molar-refractivity contribution in [3.05, 3.63) is 0 Å². The van der Waals surface area contributed by atoms with Gasteiger partial charge in [-0.25, -0.2) is 0 Å². The number of carbonyl (C=O) groups excluding carboxylic acids is 2. The quantitative estimate of drug-likeness (QED) is 0.378. The fraction of sp³-hybridized carbons (Fsp3) is 0.833. The van der Waals surface area contributed by atoms with Crippen molar-refractivity contribution < 1.29 is 29.6 Å². The van der Waals surface area contributed by atoms with Crippen LogP contribution in [-0.2, 0) is 14.3 Å². The van der Waals surface area contributed by atoms with E-state index in [0.717, 1.165) is 19.3 Å². The molecule has 2 N–H and O–H groups in total. The lowest BCUT2D eigenvalue weighted by Gasteiger charge is -2.12. The Morgan fingerprint density at radius 2 is 1.44 bits per heavy atom. The van der Waals surface area contributed by atoms with Gasteiger partial charge in [-0.1, -0.05) is 19.3 Å². The summed E-state index contributed by atoms with van der Waals surface area (Å²) in [5.74, 6) is -1.46. The highest BCUT2D eigenvalue weighted by Crippen LogP contribution is 2.08. The fourth-order valence-corrected chi connectivity index (χ4v) is 1.45. The summed E-state index contributed by atoms with van der Waals surface area (Å²) in [6.45, 7) is -0.767. The highest BCUT2D eigenvalue weighted by atomic mass is 16.6. The minimum atomic E-state index is -1.03. The number of aliphatic carboxylic acids is 1. The van der Waals surface area contributed by atoms with Crippen molar-refractivity contribution in [2.45, 2.75) is 51.0 Å². The summed E-state index contributed by atoms with van der Waals surface area (Å²) < 4.78 is 4.78. The molecule has 0 aromatic carbocycles. The van der Waals surface area contributed by atoms with Gasteiger partial charge in [-0.15, -0.1) is 0 Å². The average Bonchev–Trinajstić information content (AvgIpc) is 2.34. The lowest BCUT2D eigenvalue weighted by atomic mass is 10.1. The first kappa shape index (κ1) is 16.9. The molecule has 0 aromatic rings. The molecule has 0 bridgehead atoms. The summed E-state index contributed by atoms with van der Waals surface area (Å²) in [6.07, 6.45) is 3.25. The Kier molecular flexibility index (Phi) is 10.3. The predicted octanol–water partition coefficient (Wildman–Crippen LogP) is -0.637. The van der Waals surface area contributed by atoms with Gasteiger partial charge in [-0.2, -0.15) is 0 Å². The number of carboxylic acids is 1. The molecule has 0 radical (unpaired) electrons. The second kappa shape index (κ2) is 11.0. The minimum Gasteiger partial charge on any atom is -0.550 e. The van der Waals surface area contributed by atoms with Crippen LogP contribution in [0.1, 0.15) is 44.9 Å². The van der Waals surface area contributed by atoms with Gasteiger partial charge in [-0.3, -0.25) is 4.79 Å². The van der Waals surface area contributed by atoms with E-state index in [2.05, 4.69) is 0 Å². The van der Waals surface area contributed by atoms with Crippen LogP contribution in [0.25, 0.3) is 0 Å². The lowest BCUT2D eigenvalue weighted by Crippen LogP contribution is -2.25. The van der Waals surface area contributed by atoms with Gasteiger partial charge in [0.25, 0.3) is 0 Å². The molecule has 0 fully saturated rings. The Morgan fingerprint density at radius 1 is 0.944 bits per heavy atom.